The van der Waals surface area contributed by atoms with E-state index >= 15 is 0 Å². The molecule has 1 aliphatic heterocycles. The van der Waals surface area contributed by atoms with Gasteiger partial charge in [0.1, 0.15) is 6.04 Å². The molecule has 1 aromatic heterocycles. The number of hydrogen-bond donors (Lipinski definition) is 1. The number of carbonyl (C=O) groups is 2. The molecule has 1 fully saturated rings. The Hall–Kier alpha value is -2.41. The Kier molecular flexibility index (Phi) is 5.27. The number of hydrogen-bond acceptors (Lipinski definition) is 5. The van der Waals surface area contributed by atoms with E-state index in [1.54, 1.807) is 23.1 Å². The molecule has 2 amide bonds. The van der Waals surface area contributed by atoms with Crippen molar-refractivity contribution >= 4 is 29.1 Å². The minimum atomic E-state index is -0.261. The molecule has 0 saturated carbocycles. The summed E-state index contributed by atoms with van der Waals surface area (Å²) in [5.74, 6) is 0.811. The number of nitrogens with zero attached hydrogens (tertiary/aromatic N) is 3. The Morgan fingerprint density at radius 1 is 1.38 bits per heavy atom. The second kappa shape index (κ2) is 7.45. The zero-order chi connectivity index (χ0) is 18.8. The second-order valence-electron chi connectivity index (χ2n) is 6.68. The van der Waals surface area contributed by atoms with Crippen LogP contribution in [0.5, 0.6) is 0 Å². The summed E-state index contributed by atoms with van der Waals surface area (Å²) < 4.78 is 5.39. The number of benzene rings is 1. The van der Waals surface area contributed by atoms with Crippen LogP contribution in [0.25, 0.3) is 0 Å². The topological polar surface area (TPSA) is 88.3 Å². The van der Waals surface area contributed by atoms with Crippen LogP contribution in [-0.2, 0) is 4.79 Å². The Bertz CT molecular complexity index is 834. The van der Waals surface area contributed by atoms with E-state index in [1.165, 1.54) is 6.92 Å². The van der Waals surface area contributed by atoms with Gasteiger partial charge in [0.05, 0.1) is 10.6 Å². The quantitative estimate of drug-likeness (QED) is 0.877. The summed E-state index contributed by atoms with van der Waals surface area (Å²) in [6.45, 7) is 5.97. The smallest absolute Gasteiger partial charge is 0.256 e. The van der Waals surface area contributed by atoms with Gasteiger partial charge in [0.2, 0.25) is 11.8 Å². The highest BCUT2D eigenvalue weighted by atomic mass is 35.5. The number of halogens is 1. The highest BCUT2D eigenvalue weighted by molar-refractivity contribution is 6.34. The third-order valence-corrected chi connectivity index (χ3v) is 4.62. The number of carbonyl (C=O) groups excluding carboxylic acids is 2. The maximum absolute atomic E-state index is 13.1. The first-order valence-electron chi connectivity index (χ1n) is 8.58. The van der Waals surface area contributed by atoms with Crippen molar-refractivity contribution in [2.24, 2.45) is 0 Å². The second-order valence-corrected chi connectivity index (χ2v) is 7.09. The molecule has 0 spiro atoms. The summed E-state index contributed by atoms with van der Waals surface area (Å²) in [5, 5.41) is 7.00. The first-order chi connectivity index (χ1) is 12.4. The largest absolute Gasteiger partial charge is 0.337 e. The molecule has 1 aliphatic rings. The van der Waals surface area contributed by atoms with Crippen molar-refractivity contribution in [3.8, 4) is 0 Å². The van der Waals surface area contributed by atoms with Crippen molar-refractivity contribution in [3.63, 3.8) is 0 Å². The van der Waals surface area contributed by atoms with E-state index in [-0.39, 0.29) is 23.8 Å². The SMILES string of the molecule is CC(=O)Nc1ccc(Cl)c(C(=O)N2CCCC2c2nc(C(C)C)no2)c1. The van der Waals surface area contributed by atoms with Gasteiger partial charge in [0.15, 0.2) is 5.82 Å². The van der Waals surface area contributed by atoms with Crippen molar-refractivity contribution in [2.45, 2.75) is 45.6 Å². The van der Waals surface area contributed by atoms with Gasteiger partial charge in [-0.05, 0) is 31.0 Å². The van der Waals surface area contributed by atoms with Crippen LogP contribution in [-0.4, -0.2) is 33.4 Å². The van der Waals surface area contributed by atoms with Crippen molar-refractivity contribution in [3.05, 3.63) is 40.5 Å². The Balaban J connectivity index is 1.87. The summed E-state index contributed by atoms with van der Waals surface area (Å²) in [6, 6.07) is 4.60. The normalized spacial score (nSPS) is 17.0. The predicted molar refractivity (Wildman–Crippen MR) is 97.2 cm³/mol. The van der Waals surface area contributed by atoms with Crippen molar-refractivity contribution in [1.82, 2.24) is 15.0 Å². The van der Waals surface area contributed by atoms with Crippen LogP contribution in [0.4, 0.5) is 5.69 Å². The molecule has 8 heteroatoms. The Morgan fingerprint density at radius 3 is 2.81 bits per heavy atom. The van der Waals surface area contributed by atoms with Gasteiger partial charge in [-0.15, -0.1) is 0 Å². The fourth-order valence-electron chi connectivity index (χ4n) is 3.01. The number of amides is 2. The van der Waals surface area contributed by atoms with Gasteiger partial charge in [-0.2, -0.15) is 4.98 Å². The van der Waals surface area contributed by atoms with Crippen LogP contribution in [0.1, 0.15) is 67.6 Å². The lowest BCUT2D eigenvalue weighted by atomic mass is 10.1. The minimum absolute atomic E-state index is 0.154. The molecule has 1 saturated heterocycles. The van der Waals surface area contributed by atoms with E-state index in [4.69, 9.17) is 16.1 Å². The molecule has 1 N–H and O–H groups in total. The first-order valence-corrected chi connectivity index (χ1v) is 8.96. The number of anilines is 1. The average Bonchev–Trinajstić information content (AvgIpc) is 3.24. The summed E-state index contributed by atoms with van der Waals surface area (Å²) in [5.41, 5.74) is 0.870. The lowest BCUT2D eigenvalue weighted by molar-refractivity contribution is -0.114. The van der Waals surface area contributed by atoms with E-state index in [0.717, 1.165) is 12.8 Å². The zero-order valence-corrected chi connectivity index (χ0v) is 15.7. The molecule has 1 atom stereocenters. The summed E-state index contributed by atoms with van der Waals surface area (Å²) in [7, 11) is 0. The van der Waals surface area contributed by atoms with Crippen LogP contribution in [0.2, 0.25) is 5.02 Å². The van der Waals surface area contributed by atoms with Gasteiger partial charge in [0, 0.05) is 25.1 Å². The van der Waals surface area contributed by atoms with Crippen LogP contribution in [0.15, 0.2) is 22.7 Å². The third-order valence-electron chi connectivity index (χ3n) is 4.29. The van der Waals surface area contributed by atoms with Gasteiger partial charge in [-0.1, -0.05) is 30.6 Å². The lowest BCUT2D eigenvalue weighted by Gasteiger charge is -2.22. The molecule has 26 heavy (non-hydrogen) atoms. The molecule has 2 aromatic rings. The molecule has 0 aliphatic carbocycles. The zero-order valence-electron chi connectivity index (χ0n) is 15.0. The van der Waals surface area contributed by atoms with E-state index in [1.807, 2.05) is 13.8 Å². The summed E-state index contributed by atoms with van der Waals surface area (Å²) in [4.78, 5) is 30.5. The van der Waals surface area contributed by atoms with Gasteiger partial charge in [-0.25, -0.2) is 0 Å². The van der Waals surface area contributed by atoms with E-state index in [0.29, 0.717) is 34.5 Å². The van der Waals surface area contributed by atoms with Crippen molar-refractivity contribution in [2.75, 3.05) is 11.9 Å². The van der Waals surface area contributed by atoms with Gasteiger partial charge in [0.25, 0.3) is 5.91 Å². The minimum Gasteiger partial charge on any atom is -0.337 e. The molecule has 1 aromatic carbocycles. The summed E-state index contributed by atoms with van der Waals surface area (Å²) >= 11 is 6.23. The molecular formula is C18H21ClN4O3. The lowest BCUT2D eigenvalue weighted by Crippen LogP contribution is -2.31. The third kappa shape index (κ3) is 3.72. The van der Waals surface area contributed by atoms with E-state index < -0.39 is 0 Å². The van der Waals surface area contributed by atoms with E-state index in [2.05, 4.69) is 15.5 Å². The van der Waals surface area contributed by atoms with Gasteiger partial charge < -0.3 is 14.7 Å². The summed E-state index contributed by atoms with van der Waals surface area (Å²) in [6.07, 6.45) is 1.60. The van der Waals surface area contributed by atoms with Crippen LogP contribution in [0, 0.1) is 0 Å². The molecule has 7 nitrogen and oxygen atoms in total. The van der Waals surface area contributed by atoms with E-state index in [9.17, 15) is 9.59 Å². The molecule has 0 bridgehead atoms. The monoisotopic (exact) mass is 376 g/mol. The van der Waals surface area contributed by atoms with Gasteiger partial charge in [-0.3, -0.25) is 9.59 Å². The molecule has 0 radical (unpaired) electrons. The highest BCUT2D eigenvalue weighted by Gasteiger charge is 2.35. The molecule has 2 heterocycles. The molecular weight excluding hydrogens is 356 g/mol. The first kappa shape index (κ1) is 18.4. The van der Waals surface area contributed by atoms with Crippen molar-refractivity contribution in [1.29, 1.82) is 0 Å². The fraction of sp³-hybridized carbons (Fsp3) is 0.444. The van der Waals surface area contributed by atoms with Crippen molar-refractivity contribution < 1.29 is 14.1 Å². The number of rotatable bonds is 4. The molecule has 138 valence electrons. The van der Waals surface area contributed by atoms with Crippen LogP contribution >= 0.6 is 11.6 Å². The number of aromatic nitrogens is 2. The number of nitrogens with one attached hydrogen (secondary N) is 1. The predicted octanol–water partition coefficient (Wildman–Crippen LogP) is 3.78. The van der Waals surface area contributed by atoms with Crippen LogP contribution in [0.3, 0.4) is 0 Å². The maximum atomic E-state index is 13.1. The molecule has 3 rings (SSSR count). The maximum Gasteiger partial charge on any atom is 0.256 e. The number of likely N-dealkylation sites (tertiary alicyclic amines) is 1. The standard InChI is InChI=1S/C18H21ClN4O3/c1-10(2)16-21-17(26-22-16)15-5-4-8-23(15)18(25)13-9-12(20-11(3)24)6-7-14(13)19/h6-7,9-10,15H,4-5,8H2,1-3H3,(H,20,24). The van der Waals surface area contributed by atoms with Crippen LogP contribution < -0.4 is 5.32 Å². The molecule has 1 unspecified atom stereocenters. The Labute approximate surface area is 156 Å². The highest BCUT2D eigenvalue weighted by Crippen LogP contribution is 2.34. The average molecular weight is 377 g/mol. The van der Waals surface area contributed by atoms with Gasteiger partial charge >= 0.3 is 0 Å². The Morgan fingerprint density at radius 2 is 2.15 bits per heavy atom. The fourth-order valence-corrected chi connectivity index (χ4v) is 3.21.